The van der Waals surface area contributed by atoms with Gasteiger partial charge in [-0.2, -0.15) is 0 Å². The lowest BCUT2D eigenvalue weighted by atomic mass is 9.96. The summed E-state index contributed by atoms with van der Waals surface area (Å²) >= 11 is 5.92. The monoisotopic (exact) mass is 548 g/mol. The van der Waals surface area contributed by atoms with Crippen molar-refractivity contribution in [3.63, 3.8) is 0 Å². The van der Waals surface area contributed by atoms with Gasteiger partial charge in [-0.25, -0.2) is 4.39 Å². The molecule has 200 valence electrons. The molecule has 1 fully saturated rings. The van der Waals surface area contributed by atoms with Crippen LogP contribution in [0.25, 0.3) is 5.69 Å². The molecule has 2 unspecified atom stereocenters. The Balaban J connectivity index is 1.40. The number of nitrogens with one attached hydrogen (secondary N) is 1. The van der Waals surface area contributed by atoms with E-state index in [0.717, 1.165) is 45.5 Å². The van der Waals surface area contributed by atoms with Gasteiger partial charge < -0.3 is 19.5 Å². The number of halogens is 1. The van der Waals surface area contributed by atoms with E-state index in [2.05, 4.69) is 46.6 Å². The van der Waals surface area contributed by atoms with Crippen LogP contribution in [0.5, 0.6) is 11.5 Å². The number of aromatic nitrogens is 2. The zero-order chi connectivity index (χ0) is 27.8. The molecule has 0 radical (unpaired) electrons. The van der Waals surface area contributed by atoms with Crippen LogP contribution >= 0.6 is 12.2 Å². The van der Waals surface area contributed by atoms with Gasteiger partial charge in [0.05, 0.1) is 17.8 Å². The maximum atomic E-state index is 13.7. The van der Waals surface area contributed by atoms with Crippen molar-refractivity contribution < 1.29 is 9.13 Å². The third kappa shape index (κ3) is 4.84. The van der Waals surface area contributed by atoms with E-state index in [-0.39, 0.29) is 17.9 Å². The maximum absolute atomic E-state index is 13.7. The lowest BCUT2D eigenvalue weighted by Crippen LogP contribution is -2.29. The van der Waals surface area contributed by atoms with Crippen LogP contribution in [0.15, 0.2) is 103 Å². The SMILES string of the molecule is Cc1ccc(Oc2ccc(N3C(=S)NC(c4ccccn4)C3c3cc(C)n(-c4ccc(F)cc4)c3C)cc2)cc1. The first-order valence-corrected chi connectivity index (χ1v) is 13.6. The van der Waals surface area contributed by atoms with Gasteiger partial charge in [-0.1, -0.05) is 23.8 Å². The van der Waals surface area contributed by atoms with Crippen molar-refractivity contribution in [2.45, 2.75) is 32.9 Å². The Morgan fingerprint density at radius 3 is 2.12 bits per heavy atom. The first-order valence-electron chi connectivity index (χ1n) is 13.2. The fourth-order valence-corrected chi connectivity index (χ4v) is 5.79. The molecule has 6 rings (SSSR count). The minimum atomic E-state index is -0.257. The second-order valence-corrected chi connectivity index (χ2v) is 10.4. The Bertz CT molecular complexity index is 1650. The van der Waals surface area contributed by atoms with Gasteiger partial charge in [0.1, 0.15) is 17.3 Å². The minimum Gasteiger partial charge on any atom is -0.457 e. The van der Waals surface area contributed by atoms with Gasteiger partial charge >= 0.3 is 0 Å². The molecule has 1 N–H and O–H groups in total. The molecule has 2 atom stereocenters. The van der Waals surface area contributed by atoms with Crippen LogP contribution in [-0.2, 0) is 0 Å². The predicted molar refractivity (Wildman–Crippen MR) is 161 cm³/mol. The Morgan fingerprint density at radius 2 is 1.48 bits per heavy atom. The van der Waals surface area contributed by atoms with Gasteiger partial charge in [-0.15, -0.1) is 0 Å². The highest BCUT2D eigenvalue weighted by Crippen LogP contribution is 2.44. The predicted octanol–water partition coefficient (Wildman–Crippen LogP) is 7.91. The molecule has 1 saturated heterocycles. The summed E-state index contributed by atoms with van der Waals surface area (Å²) in [5, 5.41) is 4.16. The van der Waals surface area contributed by atoms with E-state index in [1.165, 1.54) is 17.7 Å². The van der Waals surface area contributed by atoms with Crippen LogP contribution in [-0.4, -0.2) is 14.7 Å². The number of hydrogen-bond acceptors (Lipinski definition) is 3. The number of thiocarbonyl (C=S) groups is 1. The minimum absolute atomic E-state index is 0.160. The van der Waals surface area contributed by atoms with E-state index in [9.17, 15) is 4.39 Å². The first-order chi connectivity index (χ1) is 19.4. The quantitative estimate of drug-likeness (QED) is 0.219. The average molecular weight is 549 g/mol. The third-order valence-electron chi connectivity index (χ3n) is 7.34. The van der Waals surface area contributed by atoms with Crippen LogP contribution < -0.4 is 15.0 Å². The zero-order valence-corrected chi connectivity index (χ0v) is 23.3. The summed E-state index contributed by atoms with van der Waals surface area (Å²) in [7, 11) is 0. The van der Waals surface area contributed by atoms with Gasteiger partial charge in [-0.3, -0.25) is 4.98 Å². The molecule has 7 heteroatoms. The van der Waals surface area contributed by atoms with Crippen LogP contribution in [0, 0.1) is 26.6 Å². The highest BCUT2D eigenvalue weighted by Gasteiger charge is 2.42. The molecule has 5 nitrogen and oxygen atoms in total. The molecular formula is C33H29FN4OS. The van der Waals surface area contributed by atoms with E-state index in [4.69, 9.17) is 17.0 Å². The third-order valence-corrected chi connectivity index (χ3v) is 7.66. The molecule has 2 aromatic heterocycles. The molecule has 3 aromatic carbocycles. The number of hydrogen-bond donors (Lipinski definition) is 1. The summed E-state index contributed by atoms with van der Waals surface area (Å²) < 4.78 is 21.9. The number of ether oxygens (including phenoxy) is 1. The normalized spacial score (nSPS) is 16.7. The van der Waals surface area contributed by atoms with Crippen LogP contribution in [0.3, 0.4) is 0 Å². The summed E-state index contributed by atoms with van der Waals surface area (Å²) in [6.45, 7) is 6.22. The van der Waals surface area contributed by atoms with E-state index in [1.54, 1.807) is 18.3 Å². The first kappa shape index (κ1) is 25.8. The van der Waals surface area contributed by atoms with Gasteiger partial charge in [0, 0.05) is 29.0 Å². The number of anilines is 1. The van der Waals surface area contributed by atoms with Crippen LogP contribution in [0.4, 0.5) is 10.1 Å². The van der Waals surface area contributed by atoms with Crippen molar-refractivity contribution in [1.29, 1.82) is 0 Å². The molecule has 0 saturated carbocycles. The number of pyridine rings is 1. The van der Waals surface area contributed by atoms with E-state index in [1.807, 2.05) is 66.7 Å². The summed E-state index contributed by atoms with van der Waals surface area (Å²) in [5.41, 5.74) is 7.18. The molecule has 0 spiro atoms. The van der Waals surface area contributed by atoms with Crippen molar-refractivity contribution in [2.75, 3.05) is 4.90 Å². The Labute approximate surface area is 238 Å². The van der Waals surface area contributed by atoms with Crippen LogP contribution in [0.2, 0.25) is 0 Å². The Morgan fingerprint density at radius 1 is 0.825 bits per heavy atom. The van der Waals surface area contributed by atoms with E-state index < -0.39 is 0 Å². The molecule has 0 bridgehead atoms. The van der Waals surface area contributed by atoms with Crippen molar-refractivity contribution in [3.8, 4) is 17.2 Å². The van der Waals surface area contributed by atoms with Crippen molar-refractivity contribution >= 4 is 23.0 Å². The largest absolute Gasteiger partial charge is 0.457 e. The number of rotatable bonds is 6. The molecule has 0 amide bonds. The summed E-state index contributed by atoms with van der Waals surface area (Å²) in [4.78, 5) is 6.83. The summed E-state index contributed by atoms with van der Waals surface area (Å²) in [6.07, 6.45) is 1.80. The van der Waals surface area contributed by atoms with Crippen molar-refractivity contribution in [1.82, 2.24) is 14.9 Å². The fourth-order valence-electron chi connectivity index (χ4n) is 5.44. The number of nitrogens with zero attached hydrogens (tertiary/aromatic N) is 3. The van der Waals surface area contributed by atoms with Crippen molar-refractivity contribution in [3.05, 3.63) is 137 Å². The molecule has 40 heavy (non-hydrogen) atoms. The number of aryl methyl sites for hydroxylation is 2. The lowest BCUT2D eigenvalue weighted by Gasteiger charge is -2.28. The molecule has 3 heterocycles. The average Bonchev–Trinajstić information content (AvgIpc) is 3.46. The Kier molecular flexibility index (Phi) is 6.82. The smallest absolute Gasteiger partial charge is 0.174 e. The van der Waals surface area contributed by atoms with E-state index in [0.29, 0.717) is 5.11 Å². The van der Waals surface area contributed by atoms with E-state index >= 15 is 0 Å². The highest BCUT2D eigenvalue weighted by atomic mass is 32.1. The highest BCUT2D eigenvalue weighted by molar-refractivity contribution is 7.80. The molecule has 5 aromatic rings. The molecule has 1 aliphatic heterocycles. The van der Waals surface area contributed by atoms with Gasteiger partial charge in [-0.05, 0) is 117 Å². The second-order valence-electron chi connectivity index (χ2n) is 10.0. The Hall–Kier alpha value is -4.49. The second kappa shape index (κ2) is 10.6. The fraction of sp³-hybridized carbons (Fsp3) is 0.152. The lowest BCUT2D eigenvalue weighted by molar-refractivity contribution is 0.482. The standard InChI is InChI=1S/C33H29FN4OS/c1-21-7-15-27(16-8-21)39-28-17-13-26(14-18-28)38-32(31(36-33(38)40)30-6-4-5-19-35-30)29-20-22(2)37(23(29)3)25-11-9-24(34)10-12-25/h4-20,31-32H,1-3H3,(H,36,40). The molecular weight excluding hydrogens is 519 g/mol. The van der Waals surface area contributed by atoms with Gasteiger partial charge in [0.25, 0.3) is 0 Å². The number of benzene rings is 3. The molecule has 0 aliphatic carbocycles. The maximum Gasteiger partial charge on any atom is 0.174 e. The van der Waals surface area contributed by atoms with Gasteiger partial charge in [0.2, 0.25) is 0 Å². The topological polar surface area (TPSA) is 42.3 Å². The van der Waals surface area contributed by atoms with Crippen molar-refractivity contribution in [2.24, 2.45) is 0 Å². The zero-order valence-electron chi connectivity index (χ0n) is 22.5. The summed E-state index contributed by atoms with van der Waals surface area (Å²) in [6, 6.07) is 30.4. The van der Waals surface area contributed by atoms with Gasteiger partial charge in [0.15, 0.2) is 5.11 Å². The molecule has 1 aliphatic rings. The summed E-state index contributed by atoms with van der Waals surface area (Å²) in [5.74, 6) is 1.28. The van der Waals surface area contributed by atoms with Crippen LogP contribution in [0.1, 0.15) is 40.3 Å².